The molecule has 0 aromatic carbocycles. The summed E-state index contributed by atoms with van der Waals surface area (Å²) >= 11 is 1.86. The fourth-order valence-corrected chi connectivity index (χ4v) is 3.13. The van der Waals surface area contributed by atoms with Crippen molar-refractivity contribution in [2.75, 3.05) is 19.6 Å². The average Bonchev–Trinajstić information content (AvgIpc) is 2.71. The zero-order valence-electron chi connectivity index (χ0n) is 11.8. The van der Waals surface area contributed by atoms with Crippen LogP contribution in [-0.4, -0.2) is 24.5 Å². The number of nitrogens with zero attached hydrogens (tertiary/aromatic N) is 1. The van der Waals surface area contributed by atoms with E-state index < -0.39 is 0 Å². The van der Waals surface area contributed by atoms with Gasteiger partial charge in [-0.05, 0) is 49.4 Å². The Kier molecular flexibility index (Phi) is 5.17. The molecule has 0 saturated carbocycles. The molecule has 1 aromatic rings. The van der Waals surface area contributed by atoms with E-state index in [0.29, 0.717) is 6.04 Å². The van der Waals surface area contributed by atoms with E-state index in [0.717, 1.165) is 19.6 Å². The summed E-state index contributed by atoms with van der Waals surface area (Å²) in [5, 5.41) is 2.18. The van der Waals surface area contributed by atoms with Crippen molar-refractivity contribution in [1.29, 1.82) is 0 Å². The summed E-state index contributed by atoms with van der Waals surface area (Å²) in [6.45, 7) is 14.1. The van der Waals surface area contributed by atoms with E-state index in [4.69, 9.17) is 5.73 Å². The van der Waals surface area contributed by atoms with Crippen molar-refractivity contribution < 1.29 is 0 Å². The SMILES string of the molecule is CCN(CC(C)(C)CN)C(C)c1sccc1C. The van der Waals surface area contributed by atoms with E-state index in [1.807, 2.05) is 11.3 Å². The van der Waals surface area contributed by atoms with Gasteiger partial charge in [0.2, 0.25) is 0 Å². The van der Waals surface area contributed by atoms with Gasteiger partial charge in [0.1, 0.15) is 0 Å². The molecule has 0 radical (unpaired) electrons. The molecule has 0 bridgehead atoms. The predicted molar refractivity (Wildman–Crippen MR) is 77.6 cm³/mol. The molecule has 3 heteroatoms. The summed E-state index contributed by atoms with van der Waals surface area (Å²) in [7, 11) is 0. The summed E-state index contributed by atoms with van der Waals surface area (Å²) in [4.78, 5) is 4.01. The van der Waals surface area contributed by atoms with Crippen molar-refractivity contribution in [1.82, 2.24) is 4.90 Å². The first-order chi connectivity index (χ1) is 7.91. The van der Waals surface area contributed by atoms with E-state index in [2.05, 4.69) is 51.0 Å². The lowest BCUT2D eigenvalue weighted by Gasteiger charge is -2.35. The maximum Gasteiger partial charge on any atom is 0.0416 e. The van der Waals surface area contributed by atoms with Crippen LogP contribution in [0.5, 0.6) is 0 Å². The number of thiophene rings is 1. The zero-order valence-corrected chi connectivity index (χ0v) is 12.6. The molecule has 2 N–H and O–H groups in total. The number of rotatable bonds is 6. The van der Waals surface area contributed by atoms with Gasteiger partial charge in [0.15, 0.2) is 0 Å². The molecule has 0 aliphatic rings. The van der Waals surface area contributed by atoms with Crippen LogP contribution in [0.15, 0.2) is 11.4 Å². The Morgan fingerprint density at radius 1 is 1.47 bits per heavy atom. The van der Waals surface area contributed by atoms with Crippen LogP contribution in [0.25, 0.3) is 0 Å². The molecule has 2 nitrogen and oxygen atoms in total. The minimum Gasteiger partial charge on any atom is -0.330 e. The standard InChI is InChI=1S/C14H26N2S/c1-6-16(10-14(4,5)9-15)12(3)13-11(2)7-8-17-13/h7-8,12H,6,9-10,15H2,1-5H3. The lowest BCUT2D eigenvalue weighted by molar-refractivity contribution is 0.149. The first kappa shape index (κ1) is 14.7. The van der Waals surface area contributed by atoms with Crippen LogP contribution < -0.4 is 5.73 Å². The summed E-state index contributed by atoms with van der Waals surface area (Å²) in [5.41, 5.74) is 7.43. The smallest absolute Gasteiger partial charge is 0.0416 e. The van der Waals surface area contributed by atoms with Crippen molar-refractivity contribution in [3.05, 3.63) is 21.9 Å². The lowest BCUT2D eigenvalue weighted by Crippen LogP contribution is -2.39. The Bertz CT molecular complexity index is 344. The first-order valence-corrected chi connectivity index (χ1v) is 7.27. The maximum atomic E-state index is 5.83. The van der Waals surface area contributed by atoms with Crippen molar-refractivity contribution in [2.24, 2.45) is 11.1 Å². The van der Waals surface area contributed by atoms with Crippen LogP contribution in [-0.2, 0) is 0 Å². The monoisotopic (exact) mass is 254 g/mol. The summed E-state index contributed by atoms with van der Waals surface area (Å²) in [5.74, 6) is 0. The lowest BCUT2D eigenvalue weighted by atomic mass is 9.92. The predicted octanol–water partition coefficient (Wildman–Crippen LogP) is 3.42. The highest BCUT2D eigenvalue weighted by Gasteiger charge is 2.24. The van der Waals surface area contributed by atoms with E-state index >= 15 is 0 Å². The zero-order chi connectivity index (χ0) is 13.1. The van der Waals surface area contributed by atoms with E-state index in [1.165, 1.54) is 10.4 Å². The second-order valence-electron chi connectivity index (χ2n) is 5.58. The third-order valence-corrected chi connectivity index (χ3v) is 4.61. The maximum absolute atomic E-state index is 5.83. The van der Waals surface area contributed by atoms with Crippen LogP contribution in [0, 0.1) is 12.3 Å². The fourth-order valence-electron chi connectivity index (χ4n) is 2.12. The molecule has 0 amide bonds. The number of aryl methyl sites for hydroxylation is 1. The van der Waals surface area contributed by atoms with Gasteiger partial charge in [0.25, 0.3) is 0 Å². The topological polar surface area (TPSA) is 29.3 Å². The molecule has 0 fully saturated rings. The Hall–Kier alpha value is -0.380. The number of hydrogen-bond acceptors (Lipinski definition) is 3. The highest BCUT2D eigenvalue weighted by Crippen LogP contribution is 2.30. The van der Waals surface area contributed by atoms with Gasteiger partial charge in [0.05, 0.1) is 0 Å². The second kappa shape index (κ2) is 5.98. The van der Waals surface area contributed by atoms with Gasteiger partial charge in [-0.25, -0.2) is 0 Å². The van der Waals surface area contributed by atoms with Crippen molar-refractivity contribution in [3.8, 4) is 0 Å². The molecule has 1 aromatic heterocycles. The molecular formula is C14H26N2S. The molecule has 0 saturated heterocycles. The van der Waals surface area contributed by atoms with E-state index in [-0.39, 0.29) is 5.41 Å². The minimum atomic E-state index is 0.190. The van der Waals surface area contributed by atoms with Gasteiger partial charge in [-0.15, -0.1) is 11.3 Å². The molecule has 0 spiro atoms. The van der Waals surface area contributed by atoms with Crippen LogP contribution in [0.3, 0.4) is 0 Å². The van der Waals surface area contributed by atoms with E-state index in [9.17, 15) is 0 Å². The van der Waals surface area contributed by atoms with Crippen molar-refractivity contribution in [3.63, 3.8) is 0 Å². The fraction of sp³-hybridized carbons (Fsp3) is 0.714. The van der Waals surface area contributed by atoms with Crippen LogP contribution >= 0.6 is 11.3 Å². The summed E-state index contributed by atoms with van der Waals surface area (Å²) in [6.07, 6.45) is 0. The quantitative estimate of drug-likeness (QED) is 0.843. The Balaban J connectivity index is 2.78. The van der Waals surface area contributed by atoms with E-state index in [1.54, 1.807) is 0 Å². The third kappa shape index (κ3) is 3.80. The molecule has 98 valence electrons. The average molecular weight is 254 g/mol. The molecule has 1 rings (SSSR count). The number of hydrogen-bond donors (Lipinski definition) is 1. The van der Waals surface area contributed by atoms with Gasteiger partial charge < -0.3 is 5.73 Å². The largest absolute Gasteiger partial charge is 0.330 e. The molecular weight excluding hydrogens is 228 g/mol. The van der Waals surface area contributed by atoms with Crippen LogP contribution in [0.2, 0.25) is 0 Å². The Morgan fingerprint density at radius 2 is 2.12 bits per heavy atom. The molecule has 0 aliphatic heterocycles. The molecule has 1 unspecified atom stereocenters. The van der Waals surface area contributed by atoms with Crippen molar-refractivity contribution >= 4 is 11.3 Å². The number of nitrogens with two attached hydrogens (primary N) is 1. The van der Waals surface area contributed by atoms with Gasteiger partial charge in [0, 0.05) is 17.5 Å². The van der Waals surface area contributed by atoms with Crippen LogP contribution in [0.4, 0.5) is 0 Å². The normalized spacial score (nSPS) is 14.3. The highest BCUT2D eigenvalue weighted by molar-refractivity contribution is 7.10. The van der Waals surface area contributed by atoms with Gasteiger partial charge >= 0.3 is 0 Å². The third-order valence-electron chi connectivity index (χ3n) is 3.42. The Labute approximate surface area is 110 Å². The minimum absolute atomic E-state index is 0.190. The van der Waals surface area contributed by atoms with Gasteiger partial charge in [-0.3, -0.25) is 4.90 Å². The van der Waals surface area contributed by atoms with Crippen molar-refractivity contribution in [2.45, 2.75) is 40.7 Å². The first-order valence-electron chi connectivity index (χ1n) is 6.39. The Morgan fingerprint density at radius 3 is 2.53 bits per heavy atom. The molecule has 17 heavy (non-hydrogen) atoms. The second-order valence-corrected chi connectivity index (χ2v) is 6.52. The van der Waals surface area contributed by atoms with Crippen LogP contribution in [0.1, 0.15) is 44.2 Å². The van der Waals surface area contributed by atoms with Gasteiger partial charge in [-0.1, -0.05) is 20.8 Å². The molecule has 1 heterocycles. The molecule has 0 aliphatic carbocycles. The molecule has 1 atom stereocenters. The van der Waals surface area contributed by atoms with Gasteiger partial charge in [-0.2, -0.15) is 0 Å². The highest BCUT2D eigenvalue weighted by atomic mass is 32.1. The summed E-state index contributed by atoms with van der Waals surface area (Å²) < 4.78 is 0. The summed E-state index contributed by atoms with van der Waals surface area (Å²) in [6, 6.07) is 2.70.